The van der Waals surface area contributed by atoms with Crippen molar-refractivity contribution in [2.24, 2.45) is 0 Å². The molecule has 0 amide bonds. The minimum atomic E-state index is 0.161. The van der Waals surface area contributed by atoms with E-state index >= 15 is 0 Å². The molecule has 0 spiro atoms. The van der Waals surface area contributed by atoms with Crippen LogP contribution in [0.1, 0.15) is 83.5 Å². The van der Waals surface area contributed by atoms with Crippen LogP contribution in [0.2, 0.25) is 0 Å². The maximum absolute atomic E-state index is 2.47. The molecule has 6 rings (SSSR count). The summed E-state index contributed by atoms with van der Waals surface area (Å²) in [5.74, 6) is 0. The fourth-order valence-corrected chi connectivity index (χ4v) is 9.98. The lowest BCUT2D eigenvalue weighted by atomic mass is 9.34. The van der Waals surface area contributed by atoms with E-state index in [1.54, 1.807) is 0 Å². The molecule has 0 aliphatic carbocycles. The highest BCUT2D eigenvalue weighted by Crippen LogP contribution is 2.27. The first-order valence-electron chi connectivity index (χ1n) is 19.5. The zero-order valence-electron chi connectivity index (χ0n) is 35.2. The van der Waals surface area contributed by atoms with Crippen LogP contribution in [0.25, 0.3) is 11.1 Å². The molecule has 0 unspecified atom stereocenters. The van der Waals surface area contributed by atoms with Gasteiger partial charge in [0.1, 0.15) is 0 Å². The first-order chi connectivity index (χ1) is 25.0. The molecule has 0 heterocycles. The summed E-state index contributed by atoms with van der Waals surface area (Å²) >= 11 is 0. The molecule has 0 nitrogen and oxygen atoms in total. The van der Waals surface area contributed by atoms with Gasteiger partial charge in [0, 0.05) is 0 Å². The second-order valence-electron chi connectivity index (χ2n) is 16.6. The molecule has 0 saturated carbocycles. The number of aryl methyl sites for hydroxylation is 13. The van der Waals surface area contributed by atoms with Crippen molar-refractivity contribution in [2.75, 3.05) is 0 Å². The highest BCUT2D eigenvalue weighted by molar-refractivity contribution is 6.97. The number of hydrogen-bond donors (Lipinski definition) is 0. The second kappa shape index (κ2) is 14.7. The zero-order chi connectivity index (χ0) is 38.6. The monoisotopic (exact) mass is 692 g/mol. The van der Waals surface area contributed by atoms with Gasteiger partial charge in [-0.3, -0.25) is 0 Å². The van der Waals surface area contributed by atoms with E-state index in [2.05, 4.69) is 183 Å². The van der Waals surface area contributed by atoms with Crippen LogP contribution in [-0.4, -0.2) is 13.4 Å². The molecule has 53 heavy (non-hydrogen) atoms. The predicted molar refractivity (Wildman–Crippen MR) is 238 cm³/mol. The Morgan fingerprint density at radius 1 is 0.264 bits per heavy atom. The summed E-state index contributed by atoms with van der Waals surface area (Å²) in [6.07, 6.45) is 0. The second-order valence-corrected chi connectivity index (χ2v) is 16.6. The highest BCUT2D eigenvalue weighted by Gasteiger charge is 2.31. The summed E-state index contributed by atoms with van der Waals surface area (Å²) in [6, 6.07) is 31.1. The fourth-order valence-electron chi connectivity index (χ4n) is 9.98. The Labute approximate surface area is 322 Å². The van der Waals surface area contributed by atoms with Gasteiger partial charge in [-0.15, -0.1) is 0 Å². The van der Waals surface area contributed by atoms with Gasteiger partial charge in [0.25, 0.3) is 0 Å². The van der Waals surface area contributed by atoms with E-state index in [0.29, 0.717) is 0 Å². The van der Waals surface area contributed by atoms with Gasteiger partial charge in [-0.1, -0.05) is 173 Å². The van der Waals surface area contributed by atoms with Crippen LogP contribution < -0.4 is 32.8 Å². The third kappa shape index (κ3) is 7.11. The topological polar surface area (TPSA) is 0 Å². The number of benzene rings is 6. The Bertz CT molecular complexity index is 2280. The molecule has 0 N–H and O–H groups in total. The lowest BCUT2D eigenvalue weighted by molar-refractivity contribution is 1.25. The Kier molecular flexibility index (Phi) is 10.6. The molecule has 2 heteroatoms. The van der Waals surface area contributed by atoms with Crippen LogP contribution in [0.5, 0.6) is 0 Å². The minimum absolute atomic E-state index is 0.161. The average molecular weight is 693 g/mol. The van der Waals surface area contributed by atoms with Crippen LogP contribution in [0.3, 0.4) is 0 Å². The molecule has 0 fully saturated rings. The lowest BCUT2D eigenvalue weighted by Crippen LogP contribution is -2.56. The van der Waals surface area contributed by atoms with Crippen LogP contribution in [-0.2, 0) is 0 Å². The molecular weight excluding hydrogens is 634 g/mol. The van der Waals surface area contributed by atoms with Gasteiger partial charge in [-0.2, -0.15) is 0 Å². The lowest BCUT2D eigenvalue weighted by Gasteiger charge is -2.27. The first-order valence-corrected chi connectivity index (χ1v) is 19.5. The SMILES string of the molecule is Cc1cc(C)c(B(c2ccc(-c3ccc(B(c4c(C)cc(C)cc4C)c4c(C)cc(C)c(C)c4C)cc3C)c(C)c2)c2c(C)cc(C)cc2C)c(C)c1. The number of hydrogen-bond acceptors (Lipinski definition) is 0. The smallest absolute Gasteiger partial charge is 0.0683 e. The maximum atomic E-state index is 2.47. The quantitative estimate of drug-likeness (QED) is 0.147. The molecule has 6 aromatic carbocycles. The van der Waals surface area contributed by atoms with Gasteiger partial charge in [0.15, 0.2) is 0 Å². The van der Waals surface area contributed by atoms with E-state index in [9.17, 15) is 0 Å². The largest absolute Gasteiger partial charge is 0.242 e. The maximum Gasteiger partial charge on any atom is 0.242 e. The molecule has 0 aliphatic rings. The van der Waals surface area contributed by atoms with Crippen LogP contribution in [0.15, 0.2) is 78.9 Å². The van der Waals surface area contributed by atoms with Crippen LogP contribution >= 0.6 is 0 Å². The van der Waals surface area contributed by atoms with Crippen molar-refractivity contribution in [3.63, 3.8) is 0 Å². The Hall–Kier alpha value is -4.55. The molecule has 0 bridgehead atoms. The fraction of sp³-hybridized carbons (Fsp3) is 0.294. The Morgan fingerprint density at radius 3 is 0.887 bits per heavy atom. The molecular formula is C51H58B2. The summed E-state index contributed by atoms with van der Waals surface area (Å²) in [5.41, 5.74) is 31.4. The first kappa shape index (κ1) is 38.2. The van der Waals surface area contributed by atoms with Crippen molar-refractivity contribution >= 4 is 46.2 Å². The molecule has 0 radical (unpaired) electrons. The van der Waals surface area contributed by atoms with E-state index in [-0.39, 0.29) is 13.4 Å². The van der Waals surface area contributed by atoms with E-state index in [1.807, 2.05) is 0 Å². The summed E-state index contributed by atoms with van der Waals surface area (Å²) in [7, 11) is 0. The molecule has 0 saturated heterocycles. The average Bonchev–Trinajstić information content (AvgIpc) is 3.05. The van der Waals surface area contributed by atoms with Gasteiger partial charge < -0.3 is 0 Å². The van der Waals surface area contributed by atoms with E-state index in [1.165, 1.54) is 127 Å². The predicted octanol–water partition coefficient (Wildman–Crippen LogP) is 9.01. The molecule has 0 atom stereocenters. The standard InChI is InChI=1S/C51H58B2/c1-29-20-35(7)48(36(8)21-29)52(49-37(9)22-30(2)23-38(49)10)44-16-18-46(33(5)27-44)47-19-17-45(28-34(47)6)53(50-39(11)24-31(3)25-40(50)12)51-41(13)26-32(4)42(14)43(51)15/h16-28H,1-15H3. The molecule has 268 valence electrons. The van der Waals surface area contributed by atoms with Gasteiger partial charge in [-0.25, -0.2) is 0 Å². The summed E-state index contributed by atoms with van der Waals surface area (Å²) in [5, 5.41) is 0. The Morgan fingerprint density at radius 2 is 0.566 bits per heavy atom. The summed E-state index contributed by atoms with van der Waals surface area (Å²) in [4.78, 5) is 0. The number of rotatable bonds is 7. The van der Waals surface area contributed by atoms with Crippen LogP contribution in [0, 0.1) is 104 Å². The zero-order valence-corrected chi connectivity index (χ0v) is 35.2. The molecule has 6 aromatic rings. The van der Waals surface area contributed by atoms with Crippen molar-refractivity contribution < 1.29 is 0 Å². The third-order valence-electron chi connectivity index (χ3n) is 12.2. The van der Waals surface area contributed by atoms with Crippen molar-refractivity contribution in [2.45, 2.75) is 104 Å². The van der Waals surface area contributed by atoms with Crippen molar-refractivity contribution in [1.29, 1.82) is 0 Å². The third-order valence-corrected chi connectivity index (χ3v) is 12.2. The van der Waals surface area contributed by atoms with E-state index in [4.69, 9.17) is 0 Å². The van der Waals surface area contributed by atoms with Gasteiger partial charge in [0.2, 0.25) is 13.4 Å². The molecule has 0 aliphatic heterocycles. The van der Waals surface area contributed by atoms with Crippen LogP contribution in [0.4, 0.5) is 0 Å². The minimum Gasteiger partial charge on any atom is -0.0683 e. The highest BCUT2D eigenvalue weighted by atomic mass is 14.2. The van der Waals surface area contributed by atoms with Gasteiger partial charge in [0.05, 0.1) is 0 Å². The summed E-state index contributed by atoms with van der Waals surface area (Å²) < 4.78 is 0. The van der Waals surface area contributed by atoms with E-state index in [0.717, 1.165) is 0 Å². The normalized spacial score (nSPS) is 11.3. The van der Waals surface area contributed by atoms with E-state index < -0.39 is 0 Å². The van der Waals surface area contributed by atoms with Crippen molar-refractivity contribution in [1.82, 2.24) is 0 Å². The Balaban J connectivity index is 1.51. The summed E-state index contributed by atoms with van der Waals surface area (Å²) in [6.45, 7) is 34.5. The molecule has 0 aromatic heterocycles. The van der Waals surface area contributed by atoms with Crippen molar-refractivity contribution in [3.05, 3.63) is 162 Å². The van der Waals surface area contributed by atoms with Crippen molar-refractivity contribution in [3.8, 4) is 11.1 Å². The van der Waals surface area contributed by atoms with Gasteiger partial charge in [-0.05, 0) is 137 Å². The van der Waals surface area contributed by atoms with Gasteiger partial charge >= 0.3 is 0 Å².